The Kier molecular flexibility index (Phi) is 6.57. The Hall–Kier alpha value is -1.67. The maximum Gasteiger partial charge on any atom is 0.303 e. The molecule has 6 nitrogen and oxygen atoms in total. The van der Waals surface area contributed by atoms with E-state index in [1.807, 2.05) is 0 Å². The smallest absolute Gasteiger partial charge is 0.303 e. The van der Waals surface area contributed by atoms with Crippen molar-refractivity contribution in [1.29, 1.82) is 0 Å². The molecule has 0 aliphatic rings. The van der Waals surface area contributed by atoms with Gasteiger partial charge in [-0.05, 0) is 18.6 Å². The zero-order valence-electron chi connectivity index (χ0n) is 11.7. The number of carboxylic acid groups (broad SMARTS) is 1. The van der Waals surface area contributed by atoms with E-state index in [1.54, 1.807) is 6.07 Å². The first-order chi connectivity index (χ1) is 9.83. The number of likely N-dealkylation sites (N-methyl/N-ethyl adjacent to an activating group) is 1. The highest BCUT2D eigenvalue weighted by atomic mass is 32.2. The average molecular weight is 319 g/mol. The molecule has 0 bridgehead atoms. The summed E-state index contributed by atoms with van der Waals surface area (Å²) in [5.74, 6) is -1.72. The van der Waals surface area contributed by atoms with Gasteiger partial charge >= 0.3 is 5.97 Å². The number of halogens is 1. The van der Waals surface area contributed by atoms with Crippen LogP contribution in [0.1, 0.15) is 12.8 Å². The molecule has 1 N–H and O–H groups in total. The van der Waals surface area contributed by atoms with Crippen molar-refractivity contribution in [3.8, 4) is 5.75 Å². The number of rotatable bonds is 9. The summed E-state index contributed by atoms with van der Waals surface area (Å²) in [6.07, 6.45) is -0.144. The van der Waals surface area contributed by atoms with E-state index in [0.29, 0.717) is 0 Å². The van der Waals surface area contributed by atoms with Gasteiger partial charge in [0.05, 0.1) is 5.75 Å². The van der Waals surface area contributed by atoms with Crippen LogP contribution in [-0.2, 0) is 14.8 Å². The highest BCUT2D eigenvalue weighted by molar-refractivity contribution is 7.89. The second kappa shape index (κ2) is 7.94. The molecule has 0 saturated heterocycles. The van der Waals surface area contributed by atoms with Gasteiger partial charge in [-0.25, -0.2) is 17.1 Å². The predicted molar refractivity (Wildman–Crippen MR) is 75.2 cm³/mol. The molecule has 0 saturated carbocycles. The maximum absolute atomic E-state index is 13.3. The van der Waals surface area contributed by atoms with E-state index in [1.165, 1.54) is 25.2 Å². The number of aliphatic carboxylic acids is 1. The molecule has 0 aliphatic carbocycles. The normalized spacial score (nSPS) is 11.6. The number of benzene rings is 1. The van der Waals surface area contributed by atoms with Gasteiger partial charge in [0.1, 0.15) is 6.61 Å². The number of para-hydroxylation sites is 1. The van der Waals surface area contributed by atoms with Crippen LogP contribution in [0.15, 0.2) is 24.3 Å². The largest absolute Gasteiger partial charge is 0.489 e. The number of hydrogen-bond acceptors (Lipinski definition) is 4. The Morgan fingerprint density at radius 3 is 2.67 bits per heavy atom. The molecule has 0 aromatic heterocycles. The van der Waals surface area contributed by atoms with Crippen LogP contribution in [0, 0.1) is 5.82 Å². The van der Waals surface area contributed by atoms with Crippen molar-refractivity contribution in [3.63, 3.8) is 0 Å². The number of nitrogens with zero attached hydrogens (tertiary/aromatic N) is 1. The number of sulfonamides is 1. The van der Waals surface area contributed by atoms with Gasteiger partial charge in [0.15, 0.2) is 11.6 Å². The minimum absolute atomic E-state index is 0.00952. The van der Waals surface area contributed by atoms with Crippen molar-refractivity contribution in [2.75, 3.05) is 26.0 Å². The Balaban J connectivity index is 2.40. The second-order valence-corrected chi connectivity index (χ2v) is 6.61. The highest BCUT2D eigenvalue weighted by Crippen LogP contribution is 2.15. The molecule has 0 heterocycles. The number of carbonyl (C=O) groups is 1. The minimum Gasteiger partial charge on any atom is -0.489 e. The Morgan fingerprint density at radius 1 is 1.38 bits per heavy atom. The van der Waals surface area contributed by atoms with Crippen molar-refractivity contribution in [1.82, 2.24) is 4.31 Å². The van der Waals surface area contributed by atoms with E-state index in [9.17, 15) is 17.6 Å². The van der Waals surface area contributed by atoms with Gasteiger partial charge in [0, 0.05) is 20.0 Å². The zero-order chi connectivity index (χ0) is 15.9. The van der Waals surface area contributed by atoms with Crippen molar-refractivity contribution >= 4 is 16.0 Å². The number of carboxylic acids is 1. The quantitative estimate of drug-likeness (QED) is 0.742. The zero-order valence-corrected chi connectivity index (χ0v) is 12.5. The molecular weight excluding hydrogens is 301 g/mol. The monoisotopic (exact) mass is 319 g/mol. The molecule has 0 radical (unpaired) electrons. The standard InChI is InChI=1S/C13H18FNO5S/c1-15(21(18,19)10-4-7-13(16)17)8-9-20-12-6-3-2-5-11(12)14/h2-3,5-6H,4,7-10H2,1H3,(H,16,17). The lowest BCUT2D eigenvalue weighted by molar-refractivity contribution is -0.137. The van der Waals surface area contributed by atoms with E-state index in [4.69, 9.17) is 9.84 Å². The topological polar surface area (TPSA) is 83.9 Å². The third kappa shape index (κ3) is 6.09. The summed E-state index contributed by atoms with van der Waals surface area (Å²) in [4.78, 5) is 10.4. The molecule has 21 heavy (non-hydrogen) atoms. The van der Waals surface area contributed by atoms with E-state index in [-0.39, 0.29) is 37.5 Å². The van der Waals surface area contributed by atoms with Crippen LogP contribution in [0.3, 0.4) is 0 Å². The molecule has 118 valence electrons. The first-order valence-corrected chi connectivity index (χ1v) is 7.97. The molecule has 1 rings (SSSR count). The van der Waals surface area contributed by atoms with Gasteiger partial charge in [-0.3, -0.25) is 4.79 Å². The minimum atomic E-state index is -3.52. The summed E-state index contributed by atoms with van der Waals surface area (Å²) < 4.78 is 43.2. The third-order valence-corrected chi connectivity index (χ3v) is 4.71. The predicted octanol–water partition coefficient (Wildman–Crippen LogP) is 1.33. The summed E-state index contributed by atoms with van der Waals surface area (Å²) in [6, 6.07) is 5.85. The molecule has 0 atom stereocenters. The molecule has 0 amide bonds. The van der Waals surface area contributed by atoms with E-state index < -0.39 is 21.8 Å². The van der Waals surface area contributed by atoms with Crippen LogP contribution in [-0.4, -0.2) is 49.8 Å². The van der Waals surface area contributed by atoms with E-state index >= 15 is 0 Å². The lowest BCUT2D eigenvalue weighted by Crippen LogP contribution is -2.33. The van der Waals surface area contributed by atoms with Gasteiger partial charge in [-0.1, -0.05) is 12.1 Å². The number of ether oxygens (including phenoxy) is 1. The summed E-state index contributed by atoms with van der Waals surface area (Å²) in [7, 11) is -2.15. The maximum atomic E-state index is 13.3. The first-order valence-electron chi connectivity index (χ1n) is 6.36. The van der Waals surface area contributed by atoms with Crippen molar-refractivity contribution < 1.29 is 27.4 Å². The van der Waals surface area contributed by atoms with Crippen LogP contribution < -0.4 is 4.74 Å². The van der Waals surface area contributed by atoms with E-state index in [0.717, 1.165) is 4.31 Å². The Labute approximate surface area is 123 Å². The summed E-state index contributed by atoms with van der Waals surface area (Å²) in [5.41, 5.74) is 0. The first kappa shape index (κ1) is 17.4. The van der Waals surface area contributed by atoms with Crippen LogP contribution in [0.2, 0.25) is 0 Å². The molecule has 8 heteroatoms. The Bertz CT molecular complexity index is 576. The summed E-state index contributed by atoms with van der Waals surface area (Å²) >= 11 is 0. The van der Waals surface area contributed by atoms with Crippen LogP contribution in [0.4, 0.5) is 4.39 Å². The van der Waals surface area contributed by atoms with E-state index in [2.05, 4.69) is 0 Å². The molecule has 1 aromatic rings. The third-order valence-electron chi connectivity index (χ3n) is 2.77. The molecule has 0 spiro atoms. The van der Waals surface area contributed by atoms with Crippen LogP contribution in [0.25, 0.3) is 0 Å². The molecule has 0 unspecified atom stereocenters. The molecule has 0 aliphatic heterocycles. The fraction of sp³-hybridized carbons (Fsp3) is 0.462. The highest BCUT2D eigenvalue weighted by Gasteiger charge is 2.18. The van der Waals surface area contributed by atoms with Gasteiger partial charge in [0.25, 0.3) is 0 Å². The molecular formula is C13H18FNO5S. The summed E-state index contributed by atoms with van der Waals surface area (Å²) in [6.45, 7) is 0.0688. The SMILES string of the molecule is CN(CCOc1ccccc1F)S(=O)(=O)CCCC(=O)O. The van der Waals surface area contributed by atoms with Gasteiger partial charge < -0.3 is 9.84 Å². The van der Waals surface area contributed by atoms with Gasteiger partial charge in [0.2, 0.25) is 10.0 Å². The number of hydrogen-bond donors (Lipinski definition) is 1. The van der Waals surface area contributed by atoms with Crippen molar-refractivity contribution in [3.05, 3.63) is 30.1 Å². The summed E-state index contributed by atoms with van der Waals surface area (Å²) in [5, 5.41) is 8.48. The fourth-order valence-corrected chi connectivity index (χ4v) is 2.72. The second-order valence-electron chi connectivity index (χ2n) is 4.41. The lowest BCUT2D eigenvalue weighted by atomic mass is 10.3. The fourth-order valence-electron chi connectivity index (χ4n) is 1.55. The van der Waals surface area contributed by atoms with Crippen LogP contribution >= 0.6 is 0 Å². The molecule has 1 aromatic carbocycles. The Morgan fingerprint density at radius 2 is 2.05 bits per heavy atom. The van der Waals surface area contributed by atoms with Gasteiger partial charge in [-0.15, -0.1) is 0 Å². The molecule has 0 fully saturated rings. The van der Waals surface area contributed by atoms with Crippen molar-refractivity contribution in [2.45, 2.75) is 12.8 Å². The lowest BCUT2D eigenvalue weighted by Gasteiger charge is -2.17. The van der Waals surface area contributed by atoms with Gasteiger partial charge in [-0.2, -0.15) is 0 Å². The van der Waals surface area contributed by atoms with Crippen molar-refractivity contribution in [2.24, 2.45) is 0 Å². The van der Waals surface area contributed by atoms with Crippen LogP contribution in [0.5, 0.6) is 5.75 Å². The average Bonchev–Trinajstić information content (AvgIpc) is 2.40.